The van der Waals surface area contributed by atoms with Gasteiger partial charge in [-0.1, -0.05) is 24.8 Å². The summed E-state index contributed by atoms with van der Waals surface area (Å²) in [6.45, 7) is 5.20. The average molecular weight is 312 g/mol. The highest BCUT2D eigenvalue weighted by atomic mass is 19.1. The van der Waals surface area contributed by atoms with Gasteiger partial charge in [0.05, 0.1) is 11.4 Å². The van der Waals surface area contributed by atoms with E-state index < -0.39 is 5.83 Å². The number of benzene rings is 2. The fraction of sp³-hybridized carbons (Fsp3) is 0.0526. The quantitative estimate of drug-likeness (QED) is 0.609. The van der Waals surface area contributed by atoms with Gasteiger partial charge in [-0.3, -0.25) is 0 Å². The molecule has 0 amide bonds. The van der Waals surface area contributed by atoms with Gasteiger partial charge in [0.1, 0.15) is 11.6 Å². The lowest BCUT2D eigenvalue weighted by atomic mass is 9.93. The van der Waals surface area contributed by atoms with E-state index in [1.807, 2.05) is 6.92 Å². The van der Waals surface area contributed by atoms with Crippen molar-refractivity contribution in [3.8, 4) is 11.1 Å². The van der Waals surface area contributed by atoms with Crippen molar-refractivity contribution in [2.45, 2.75) is 6.92 Å². The Morgan fingerprint density at radius 1 is 1.04 bits per heavy atom. The summed E-state index contributed by atoms with van der Waals surface area (Å²) in [5.74, 6) is -0.752. The molecule has 2 nitrogen and oxygen atoms in total. The Hall–Kier alpha value is -2.88. The molecule has 118 valence electrons. The molecule has 2 aromatic carbocycles. The lowest BCUT2D eigenvalue weighted by Crippen LogP contribution is -1.98. The fourth-order valence-electron chi connectivity index (χ4n) is 2.19. The minimum atomic E-state index is -0.434. The molecule has 0 saturated carbocycles. The zero-order valence-corrected chi connectivity index (χ0v) is 12.8. The summed E-state index contributed by atoms with van der Waals surface area (Å²) in [5, 5.41) is 0. The standard InChI is InChI=1S/C19H18F2N2/c1-3-14(20)7-4-12(2)16-10-18(22)19(23)11-17(16)13-5-8-15(21)9-6-13/h3-11H,1,22-23H2,2H3/b12-4+,14-7+. The third kappa shape index (κ3) is 3.86. The van der Waals surface area contributed by atoms with Crippen LogP contribution in [0, 0.1) is 5.82 Å². The SMILES string of the molecule is C=C/C(F)=C\C=C(/C)c1cc(N)c(N)cc1-c1ccc(F)cc1. The number of nitrogen functional groups attached to an aromatic ring is 2. The Labute approximate surface area is 134 Å². The monoisotopic (exact) mass is 312 g/mol. The smallest absolute Gasteiger partial charge is 0.123 e. The van der Waals surface area contributed by atoms with Gasteiger partial charge in [0.25, 0.3) is 0 Å². The van der Waals surface area contributed by atoms with Gasteiger partial charge in [-0.25, -0.2) is 8.78 Å². The Kier molecular flexibility index (Phi) is 4.96. The summed E-state index contributed by atoms with van der Waals surface area (Å²) >= 11 is 0. The largest absolute Gasteiger partial charge is 0.397 e. The normalized spacial score (nSPS) is 12.3. The average Bonchev–Trinajstić information content (AvgIpc) is 2.55. The molecular formula is C19H18F2N2. The lowest BCUT2D eigenvalue weighted by molar-refractivity contribution is 0.628. The van der Waals surface area contributed by atoms with Crippen LogP contribution in [-0.4, -0.2) is 0 Å². The lowest BCUT2D eigenvalue weighted by Gasteiger charge is -2.13. The van der Waals surface area contributed by atoms with Crippen LogP contribution in [0.25, 0.3) is 16.7 Å². The second-order valence-corrected chi connectivity index (χ2v) is 5.14. The molecule has 2 aromatic rings. The highest BCUT2D eigenvalue weighted by molar-refractivity contribution is 5.87. The number of rotatable bonds is 4. The van der Waals surface area contributed by atoms with Crippen LogP contribution in [0.5, 0.6) is 0 Å². The molecule has 0 aliphatic carbocycles. The Balaban J connectivity index is 2.60. The van der Waals surface area contributed by atoms with Crippen molar-refractivity contribution in [2.75, 3.05) is 11.5 Å². The fourth-order valence-corrected chi connectivity index (χ4v) is 2.19. The van der Waals surface area contributed by atoms with Crippen LogP contribution >= 0.6 is 0 Å². The summed E-state index contributed by atoms with van der Waals surface area (Å²) < 4.78 is 26.4. The van der Waals surface area contributed by atoms with Gasteiger partial charge in [-0.2, -0.15) is 0 Å². The van der Waals surface area contributed by atoms with Crippen molar-refractivity contribution in [1.82, 2.24) is 0 Å². The number of allylic oxidation sites excluding steroid dienone is 5. The molecule has 0 unspecified atom stereocenters. The van der Waals surface area contributed by atoms with Gasteiger partial charge < -0.3 is 11.5 Å². The second-order valence-electron chi connectivity index (χ2n) is 5.14. The van der Waals surface area contributed by atoms with E-state index in [9.17, 15) is 8.78 Å². The van der Waals surface area contributed by atoms with Gasteiger partial charge >= 0.3 is 0 Å². The third-order valence-corrected chi connectivity index (χ3v) is 3.49. The zero-order valence-electron chi connectivity index (χ0n) is 12.8. The van der Waals surface area contributed by atoms with Gasteiger partial charge in [-0.15, -0.1) is 0 Å². The number of anilines is 2. The number of hydrogen-bond donors (Lipinski definition) is 2. The maximum atomic E-state index is 13.2. The predicted octanol–water partition coefficient (Wildman–Crippen LogP) is 5.10. The van der Waals surface area contributed by atoms with Crippen molar-refractivity contribution in [3.05, 3.63) is 78.4 Å². The van der Waals surface area contributed by atoms with Crippen LogP contribution in [0.3, 0.4) is 0 Å². The van der Waals surface area contributed by atoms with E-state index in [0.717, 1.165) is 28.3 Å². The maximum Gasteiger partial charge on any atom is 0.123 e. The highest BCUT2D eigenvalue weighted by Gasteiger charge is 2.10. The molecule has 2 rings (SSSR count). The molecule has 0 spiro atoms. The van der Waals surface area contributed by atoms with E-state index in [-0.39, 0.29) is 5.82 Å². The molecule has 0 radical (unpaired) electrons. The number of hydrogen-bond acceptors (Lipinski definition) is 2. The highest BCUT2D eigenvalue weighted by Crippen LogP contribution is 2.34. The first-order chi connectivity index (χ1) is 10.9. The summed E-state index contributed by atoms with van der Waals surface area (Å²) in [5.41, 5.74) is 15.9. The summed E-state index contributed by atoms with van der Waals surface area (Å²) in [7, 11) is 0. The molecule has 0 bridgehead atoms. The Morgan fingerprint density at radius 2 is 1.65 bits per heavy atom. The Bertz CT molecular complexity index is 788. The van der Waals surface area contributed by atoms with Gasteiger partial charge in [0.2, 0.25) is 0 Å². The second kappa shape index (κ2) is 6.92. The molecule has 0 aliphatic heterocycles. The van der Waals surface area contributed by atoms with E-state index in [2.05, 4.69) is 6.58 Å². The molecule has 0 atom stereocenters. The molecule has 0 aromatic heterocycles. The Morgan fingerprint density at radius 3 is 2.26 bits per heavy atom. The van der Waals surface area contributed by atoms with Crippen molar-refractivity contribution in [2.24, 2.45) is 0 Å². The number of nitrogens with two attached hydrogens (primary N) is 2. The third-order valence-electron chi connectivity index (χ3n) is 3.49. The van der Waals surface area contributed by atoms with E-state index in [1.165, 1.54) is 18.2 Å². The van der Waals surface area contributed by atoms with Crippen molar-refractivity contribution < 1.29 is 8.78 Å². The topological polar surface area (TPSA) is 52.0 Å². The molecule has 0 heterocycles. The minimum Gasteiger partial charge on any atom is -0.397 e. The van der Waals surface area contributed by atoms with Gasteiger partial charge in [0.15, 0.2) is 0 Å². The molecule has 23 heavy (non-hydrogen) atoms. The molecule has 0 aliphatic rings. The van der Waals surface area contributed by atoms with Crippen LogP contribution in [0.1, 0.15) is 12.5 Å². The first-order valence-electron chi connectivity index (χ1n) is 7.04. The van der Waals surface area contributed by atoms with Gasteiger partial charge in [-0.05, 0) is 65.6 Å². The first kappa shape index (κ1) is 16.5. The van der Waals surface area contributed by atoms with Crippen LogP contribution < -0.4 is 11.5 Å². The molecular weight excluding hydrogens is 294 g/mol. The van der Waals surface area contributed by atoms with Crippen molar-refractivity contribution in [3.63, 3.8) is 0 Å². The van der Waals surface area contributed by atoms with E-state index in [0.29, 0.717) is 11.4 Å². The minimum absolute atomic E-state index is 0.318. The van der Waals surface area contributed by atoms with Crippen LogP contribution in [0.2, 0.25) is 0 Å². The summed E-state index contributed by atoms with van der Waals surface area (Å²) in [6.07, 6.45) is 4.08. The summed E-state index contributed by atoms with van der Waals surface area (Å²) in [4.78, 5) is 0. The van der Waals surface area contributed by atoms with Crippen molar-refractivity contribution in [1.29, 1.82) is 0 Å². The number of halogens is 2. The zero-order chi connectivity index (χ0) is 17.0. The van der Waals surface area contributed by atoms with E-state index >= 15 is 0 Å². The molecule has 0 fully saturated rings. The predicted molar refractivity (Wildman–Crippen MR) is 93.7 cm³/mol. The maximum absolute atomic E-state index is 13.2. The summed E-state index contributed by atoms with van der Waals surface area (Å²) in [6, 6.07) is 9.56. The van der Waals surface area contributed by atoms with E-state index in [1.54, 1.807) is 30.3 Å². The molecule has 4 N–H and O–H groups in total. The van der Waals surface area contributed by atoms with Crippen molar-refractivity contribution >= 4 is 16.9 Å². The first-order valence-corrected chi connectivity index (χ1v) is 7.04. The van der Waals surface area contributed by atoms with Gasteiger partial charge in [0, 0.05) is 0 Å². The van der Waals surface area contributed by atoms with Crippen LogP contribution in [0.15, 0.2) is 67.0 Å². The molecule has 4 heteroatoms. The van der Waals surface area contributed by atoms with Crippen LogP contribution in [0.4, 0.5) is 20.2 Å². The van der Waals surface area contributed by atoms with E-state index in [4.69, 9.17) is 11.5 Å². The molecule has 0 saturated heterocycles. The van der Waals surface area contributed by atoms with Crippen LogP contribution in [-0.2, 0) is 0 Å².